The van der Waals surface area contributed by atoms with E-state index in [-0.39, 0.29) is 23.5 Å². The van der Waals surface area contributed by atoms with E-state index in [4.69, 9.17) is 0 Å². The van der Waals surface area contributed by atoms with E-state index < -0.39 is 0 Å². The van der Waals surface area contributed by atoms with E-state index in [1.807, 2.05) is 0 Å². The Morgan fingerprint density at radius 3 is 2.42 bits per heavy atom. The minimum Gasteiger partial charge on any atom is -0.326 e. The zero-order valence-electron chi connectivity index (χ0n) is 13.0. The maximum absolute atomic E-state index is 13.1. The van der Waals surface area contributed by atoms with E-state index in [1.54, 1.807) is 36.4 Å². The zero-order valence-corrected chi connectivity index (χ0v) is 13.0. The van der Waals surface area contributed by atoms with Gasteiger partial charge in [-0.1, -0.05) is 18.2 Å². The van der Waals surface area contributed by atoms with Crippen molar-refractivity contribution in [2.24, 2.45) is 5.92 Å². The molecule has 0 bridgehead atoms. The molecule has 0 heterocycles. The number of rotatable bonds is 5. The standard InChI is InChI=1S/C19H17FN2O2/c20-15-4-1-3-13(11-15)7-10-18(23)21-16-5-2-6-17(12-16)22-19(24)14-8-9-14/h1-7,10-12,14H,8-9H2,(H,21,23)(H,22,24)/b10-7+. The largest absolute Gasteiger partial charge is 0.326 e. The van der Waals surface area contributed by atoms with Crippen molar-refractivity contribution in [3.63, 3.8) is 0 Å². The number of amides is 2. The minimum absolute atomic E-state index is 0.0180. The second-order valence-corrected chi connectivity index (χ2v) is 5.72. The summed E-state index contributed by atoms with van der Waals surface area (Å²) in [5.41, 5.74) is 1.84. The van der Waals surface area contributed by atoms with Crippen LogP contribution in [0.4, 0.5) is 15.8 Å². The molecular formula is C19H17FN2O2. The highest BCUT2D eigenvalue weighted by Crippen LogP contribution is 2.30. The highest BCUT2D eigenvalue weighted by molar-refractivity contribution is 6.02. The van der Waals surface area contributed by atoms with Crippen LogP contribution >= 0.6 is 0 Å². The fourth-order valence-electron chi connectivity index (χ4n) is 2.23. The third kappa shape index (κ3) is 4.52. The molecule has 24 heavy (non-hydrogen) atoms. The number of nitrogens with one attached hydrogen (secondary N) is 2. The molecule has 0 saturated heterocycles. The van der Waals surface area contributed by atoms with Crippen molar-refractivity contribution in [3.05, 3.63) is 66.0 Å². The zero-order chi connectivity index (χ0) is 16.9. The van der Waals surface area contributed by atoms with E-state index in [2.05, 4.69) is 10.6 Å². The fraction of sp³-hybridized carbons (Fsp3) is 0.158. The van der Waals surface area contributed by atoms with Crippen molar-refractivity contribution < 1.29 is 14.0 Å². The molecule has 2 aromatic carbocycles. The van der Waals surface area contributed by atoms with E-state index in [1.165, 1.54) is 24.3 Å². The number of carbonyl (C=O) groups excluding carboxylic acids is 2. The first-order valence-corrected chi connectivity index (χ1v) is 7.76. The first-order valence-electron chi connectivity index (χ1n) is 7.76. The summed E-state index contributed by atoms with van der Waals surface area (Å²) in [6, 6.07) is 13.0. The number of hydrogen-bond donors (Lipinski definition) is 2. The Morgan fingerprint density at radius 2 is 1.71 bits per heavy atom. The Hall–Kier alpha value is -2.95. The van der Waals surface area contributed by atoms with Gasteiger partial charge in [-0.15, -0.1) is 0 Å². The second-order valence-electron chi connectivity index (χ2n) is 5.72. The Morgan fingerprint density at radius 1 is 1.00 bits per heavy atom. The predicted octanol–water partition coefficient (Wildman–Crippen LogP) is 3.83. The Bertz CT molecular complexity index is 797. The van der Waals surface area contributed by atoms with Gasteiger partial charge in [0.05, 0.1) is 0 Å². The molecule has 1 aliphatic rings. The van der Waals surface area contributed by atoms with Gasteiger partial charge in [0, 0.05) is 23.4 Å². The molecule has 0 aliphatic heterocycles. The highest BCUT2D eigenvalue weighted by Gasteiger charge is 2.29. The van der Waals surface area contributed by atoms with Crippen molar-refractivity contribution in [3.8, 4) is 0 Å². The van der Waals surface area contributed by atoms with Gasteiger partial charge >= 0.3 is 0 Å². The summed E-state index contributed by atoms with van der Waals surface area (Å²) in [7, 11) is 0. The molecule has 2 amide bonds. The van der Waals surface area contributed by atoms with Gasteiger partial charge < -0.3 is 10.6 Å². The van der Waals surface area contributed by atoms with Crippen LogP contribution in [-0.2, 0) is 9.59 Å². The Kier molecular flexibility index (Phi) is 4.70. The first kappa shape index (κ1) is 15.9. The van der Waals surface area contributed by atoms with Crippen molar-refractivity contribution in [1.29, 1.82) is 0 Å². The summed E-state index contributed by atoms with van der Waals surface area (Å²) in [4.78, 5) is 23.7. The second kappa shape index (κ2) is 7.08. The van der Waals surface area contributed by atoms with Gasteiger partial charge in [-0.3, -0.25) is 9.59 Å². The number of hydrogen-bond acceptors (Lipinski definition) is 2. The van der Waals surface area contributed by atoms with Crippen molar-refractivity contribution in [2.75, 3.05) is 10.6 Å². The lowest BCUT2D eigenvalue weighted by molar-refractivity contribution is -0.117. The van der Waals surface area contributed by atoms with Gasteiger partial charge in [0.25, 0.3) is 0 Å². The van der Waals surface area contributed by atoms with Crippen LogP contribution in [0.5, 0.6) is 0 Å². The third-order valence-corrected chi connectivity index (χ3v) is 3.62. The molecule has 2 aromatic rings. The number of anilines is 2. The average Bonchev–Trinajstić information content (AvgIpc) is 3.38. The van der Waals surface area contributed by atoms with E-state index in [0.29, 0.717) is 16.9 Å². The summed E-state index contributed by atoms with van der Waals surface area (Å²) in [6.07, 6.45) is 4.75. The topological polar surface area (TPSA) is 58.2 Å². The summed E-state index contributed by atoms with van der Waals surface area (Å²) in [6.45, 7) is 0. The maximum atomic E-state index is 13.1. The van der Waals surface area contributed by atoms with Gasteiger partial charge in [0.2, 0.25) is 11.8 Å². The summed E-state index contributed by atoms with van der Waals surface area (Å²) >= 11 is 0. The lowest BCUT2D eigenvalue weighted by atomic mass is 10.2. The van der Waals surface area contributed by atoms with Crippen LogP contribution in [0.1, 0.15) is 18.4 Å². The predicted molar refractivity (Wildman–Crippen MR) is 91.9 cm³/mol. The van der Waals surface area contributed by atoms with Crippen LogP contribution in [0.2, 0.25) is 0 Å². The van der Waals surface area contributed by atoms with Crippen LogP contribution < -0.4 is 10.6 Å². The van der Waals surface area contributed by atoms with Gasteiger partial charge in [-0.05, 0) is 54.8 Å². The molecule has 2 N–H and O–H groups in total. The maximum Gasteiger partial charge on any atom is 0.248 e. The molecule has 1 fully saturated rings. The third-order valence-electron chi connectivity index (χ3n) is 3.62. The number of benzene rings is 2. The molecule has 0 atom stereocenters. The molecule has 0 aromatic heterocycles. The lowest BCUT2D eigenvalue weighted by Gasteiger charge is -2.07. The van der Waals surface area contributed by atoms with Gasteiger partial charge in [0.1, 0.15) is 5.82 Å². The molecule has 0 unspecified atom stereocenters. The summed E-state index contributed by atoms with van der Waals surface area (Å²) in [5, 5.41) is 5.55. The van der Waals surface area contributed by atoms with Crippen LogP contribution in [-0.4, -0.2) is 11.8 Å². The summed E-state index contributed by atoms with van der Waals surface area (Å²) in [5.74, 6) is -0.538. The molecule has 122 valence electrons. The molecule has 0 radical (unpaired) electrons. The molecule has 3 rings (SSSR count). The average molecular weight is 324 g/mol. The Labute approximate surface area is 139 Å². The van der Waals surface area contributed by atoms with Crippen LogP contribution in [0.3, 0.4) is 0 Å². The van der Waals surface area contributed by atoms with Crippen molar-refractivity contribution >= 4 is 29.3 Å². The number of carbonyl (C=O) groups is 2. The Balaban J connectivity index is 1.60. The van der Waals surface area contributed by atoms with E-state index >= 15 is 0 Å². The lowest BCUT2D eigenvalue weighted by Crippen LogP contribution is -2.14. The highest BCUT2D eigenvalue weighted by atomic mass is 19.1. The minimum atomic E-state index is -0.350. The molecule has 5 heteroatoms. The van der Waals surface area contributed by atoms with E-state index in [0.717, 1.165) is 12.8 Å². The molecule has 4 nitrogen and oxygen atoms in total. The van der Waals surface area contributed by atoms with Crippen LogP contribution in [0.15, 0.2) is 54.6 Å². The van der Waals surface area contributed by atoms with Crippen LogP contribution in [0.25, 0.3) is 6.08 Å². The van der Waals surface area contributed by atoms with Crippen molar-refractivity contribution in [1.82, 2.24) is 0 Å². The fourth-order valence-corrected chi connectivity index (χ4v) is 2.23. The SMILES string of the molecule is O=C(/C=C/c1cccc(F)c1)Nc1cccc(NC(=O)C2CC2)c1. The molecule has 1 saturated carbocycles. The first-order chi connectivity index (χ1) is 11.6. The summed E-state index contributed by atoms with van der Waals surface area (Å²) < 4.78 is 13.1. The van der Waals surface area contributed by atoms with Gasteiger partial charge in [-0.25, -0.2) is 4.39 Å². The molecular weight excluding hydrogens is 307 g/mol. The molecule has 0 spiro atoms. The smallest absolute Gasteiger partial charge is 0.248 e. The number of halogens is 1. The quantitative estimate of drug-likeness (QED) is 0.821. The van der Waals surface area contributed by atoms with E-state index in [9.17, 15) is 14.0 Å². The van der Waals surface area contributed by atoms with Crippen LogP contribution in [0, 0.1) is 11.7 Å². The monoisotopic (exact) mass is 324 g/mol. The van der Waals surface area contributed by atoms with Gasteiger partial charge in [-0.2, -0.15) is 0 Å². The van der Waals surface area contributed by atoms with Crippen molar-refractivity contribution in [2.45, 2.75) is 12.8 Å². The normalized spacial score (nSPS) is 13.7. The molecule has 1 aliphatic carbocycles. The van der Waals surface area contributed by atoms with Gasteiger partial charge in [0.15, 0.2) is 0 Å².